The third-order valence-corrected chi connectivity index (χ3v) is 5.54. The molecule has 8 heteroatoms. The molecule has 0 aliphatic carbocycles. The van der Waals surface area contributed by atoms with Crippen LogP contribution in [0.25, 0.3) is 0 Å². The number of methoxy groups -OCH3 is 1. The van der Waals surface area contributed by atoms with E-state index < -0.39 is 0 Å². The molecule has 164 valence electrons. The number of nitrogens with one attached hydrogen (secondary N) is 2. The number of carbonyl (C=O) groups excluding carboxylic acids is 2. The van der Waals surface area contributed by atoms with Gasteiger partial charge in [-0.05, 0) is 61.8 Å². The SMILES string of the molecule is COc1ccc([C@@H](CN2CCCC2)NC(=O)CNC(=O)c2ccc3c(c2)OCO3)cc1. The first kappa shape index (κ1) is 21.0. The number of hydrogen-bond donors (Lipinski definition) is 2. The van der Waals surface area contributed by atoms with Crippen molar-refractivity contribution in [2.75, 3.05) is 40.1 Å². The first-order valence-electron chi connectivity index (χ1n) is 10.5. The zero-order valence-electron chi connectivity index (χ0n) is 17.6. The van der Waals surface area contributed by atoms with E-state index in [9.17, 15) is 9.59 Å². The zero-order chi connectivity index (χ0) is 21.6. The highest BCUT2D eigenvalue weighted by Crippen LogP contribution is 2.32. The molecule has 0 unspecified atom stereocenters. The number of carbonyl (C=O) groups is 2. The summed E-state index contributed by atoms with van der Waals surface area (Å²) in [7, 11) is 1.63. The van der Waals surface area contributed by atoms with Crippen molar-refractivity contribution in [2.24, 2.45) is 0 Å². The lowest BCUT2D eigenvalue weighted by atomic mass is 10.1. The molecule has 0 saturated carbocycles. The maximum atomic E-state index is 12.6. The van der Waals surface area contributed by atoms with E-state index in [1.165, 1.54) is 12.8 Å². The molecule has 1 fully saturated rings. The lowest BCUT2D eigenvalue weighted by molar-refractivity contribution is -0.121. The smallest absolute Gasteiger partial charge is 0.251 e. The zero-order valence-corrected chi connectivity index (χ0v) is 17.6. The predicted molar refractivity (Wildman–Crippen MR) is 114 cm³/mol. The fourth-order valence-corrected chi connectivity index (χ4v) is 3.84. The Hall–Kier alpha value is -3.26. The van der Waals surface area contributed by atoms with Gasteiger partial charge in [0.2, 0.25) is 12.7 Å². The molecule has 0 spiro atoms. The number of ether oxygens (including phenoxy) is 3. The van der Waals surface area contributed by atoms with Gasteiger partial charge in [-0.2, -0.15) is 0 Å². The Kier molecular flexibility index (Phi) is 6.57. The van der Waals surface area contributed by atoms with Gasteiger partial charge in [-0.1, -0.05) is 12.1 Å². The third-order valence-electron chi connectivity index (χ3n) is 5.54. The molecule has 8 nitrogen and oxygen atoms in total. The molecule has 2 aromatic carbocycles. The standard InChI is InChI=1S/C23H27N3O5/c1-29-18-7-4-16(5-8-18)19(14-26-10-2-3-11-26)25-22(27)13-24-23(28)17-6-9-20-21(12-17)31-15-30-20/h4-9,12,19H,2-3,10-11,13-15H2,1H3,(H,24,28)(H,25,27)/t19-/m1/s1. The molecular weight excluding hydrogens is 398 g/mol. The molecule has 2 N–H and O–H groups in total. The molecule has 2 amide bonds. The number of likely N-dealkylation sites (tertiary alicyclic amines) is 1. The molecule has 2 aliphatic heterocycles. The predicted octanol–water partition coefficient (Wildman–Crippen LogP) is 2.11. The van der Waals surface area contributed by atoms with Crippen molar-refractivity contribution in [1.82, 2.24) is 15.5 Å². The van der Waals surface area contributed by atoms with Crippen molar-refractivity contribution in [2.45, 2.75) is 18.9 Å². The summed E-state index contributed by atoms with van der Waals surface area (Å²) in [4.78, 5) is 27.4. The number of rotatable bonds is 8. The van der Waals surface area contributed by atoms with Crippen LogP contribution in [-0.2, 0) is 4.79 Å². The van der Waals surface area contributed by atoms with Crippen molar-refractivity contribution >= 4 is 11.8 Å². The average molecular weight is 425 g/mol. The lowest BCUT2D eigenvalue weighted by Gasteiger charge is -2.25. The number of amides is 2. The van der Waals surface area contributed by atoms with Crippen LogP contribution in [-0.4, -0.2) is 56.8 Å². The summed E-state index contributed by atoms with van der Waals surface area (Å²) in [6.45, 7) is 2.83. The number of benzene rings is 2. The summed E-state index contributed by atoms with van der Waals surface area (Å²) in [5, 5.41) is 5.74. The van der Waals surface area contributed by atoms with Gasteiger partial charge in [0.15, 0.2) is 11.5 Å². The number of hydrogen-bond acceptors (Lipinski definition) is 6. The van der Waals surface area contributed by atoms with Crippen molar-refractivity contribution in [1.29, 1.82) is 0 Å². The Morgan fingerprint density at radius 1 is 1.06 bits per heavy atom. The summed E-state index contributed by atoms with van der Waals surface area (Å²) in [6.07, 6.45) is 2.35. The van der Waals surface area contributed by atoms with Gasteiger partial charge in [0.25, 0.3) is 5.91 Å². The van der Waals surface area contributed by atoms with E-state index >= 15 is 0 Å². The van der Waals surface area contributed by atoms with E-state index in [-0.39, 0.29) is 31.2 Å². The van der Waals surface area contributed by atoms with Crippen molar-refractivity contribution in [3.05, 3.63) is 53.6 Å². The summed E-state index contributed by atoms with van der Waals surface area (Å²) >= 11 is 0. The molecule has 0 radical (unpaired) electrons. The highest BCUT2D eigenvalue weighted by molar-refractivity contribution is 5.97. The highest BCUT2D eigenvalue weighted by Gasteiger charge is 2.22. The maximum absolute atomic E-state index is 12.6. The summed E-state index contributed by atoms with van der Waals surface area (Å²) in [6, 6.07) is 12.5. The Morgan fingerprint density at radius 2 is 1.81 bits per heavy atom. The number of fused-ring (bicyclic) bond motifs is 1. The molecule has 2 aliphatic rings. The fourth-order valence-electron chi connectivity index (χ4n) is 3.84. The van der Waals surface area contributed by atoms with Crippen LogP contribution in [0, 0.1) is 0 Å². The van der Waals surface area contributed by atoms with Gasteiger partial charge >= 0.3 is 0 Å². The van der Waals surface area contributed by atoms with Crippen LogP contribution < -0.4 is 24.8 Å². The van der Waals surface area contributed by atoms with Gasteiger partial charge in [-0.15, -0.1) is 0 Å². The Balaban J connectivity index is 1.36. The van der Waals surface area contributed by atoms with E-state index in [2.05, 4.69) is 15.5 Å². The summed E-state index contributed by atoms with van der Waals surface area (Å²) in [5.41, 5.74) is 1.42. The second-order valence-electron chi connectivity index (χ2n) is 7.65. The van der Waals surface area contributed by atoms with Crippen LogP contribution in [0.1, 0.15) is 34.8 Å². The molecular formula is C23H27N3O5. The van der Waals surface area contributed by atoms with Crippen molar-refractivity contribution < 1.29 is 23.8 Å². The van der Waals surface area contributed by atoms with Crippen molar-refractivity contribution in [3.8, 4) is 17.2 Å². The minimum Gasteiger partial charge on any atom is -0.497 e. The van der Waals surface area contributed by atoms with E-state index in [4.69, 9.17) is 14.2 Å². The normalized spacial score (nSPS) is 16.0. The first-order chi connectivity index (χ1) is 15.1. The summed E-state index contributed by atoms with van der Waals surface area (Å²) in [5.74, 6) is 1.33. The van der Waals surface area contributed by atoms with Gasteiger partial charge in [-0.3, -0.25) is 9.59 Å². The highest BCUT2D eigenvalue weighted by atomic mass is 16.7. The summed E-state index contributed by atoms with van der Waals surface area (Å²) < 4.78 is 15.8. The van der Waals surface area contributed by atoms with Gasteiger partial charge < -0.3 is 29.7 Å². The van der Waals surface area contributed by atoms with Crippen LogP contribution >= 0.6 is 0 Å². The topological polar surface area (TPSA) is 89.1 Å². The van der Waals surface area contributed by atoms with Crippen LogP contribution in [0.2, 0.25) is 0 Å². The van der Waals surface area contributed by atoms with E-state index in [0.29, 0.717) is 17.1 Å². The van der Waals surface area contributed by atoms with Gasteiger partial charge in [0, 0.05) is 12.1 Å². The molecule has 1 atom stereocenters. The molecule has 31 heavy (non-hydrogen) atoms. The van der Waals surface area contributed by atoms with E-state index in [1.807, 2.05) is 24.3 Å². The second kappa shape index (κ2) is 9.70. The molecule has 0 aromatic heterocycles. The van der Waals surface area contributed by atoms with Gasteiger partial charge in [0.1, 0.15) is 5.75 Å². The van der Waals surface area contributed by atoms with Gasteiger partial charge in [0.05, 0.1) is 19.7 Å². The monoisotopic (exact) mass is 425 g/mol. The second-order valence-corrected chi connectivity index (χ2v) is 7.65. The Labute approximate surface area is 181 Å². The fraction of sp³-hybridized carbons (Fsp3) is 0.391. The van der Waals surface area contributed by atoms with E-state index in [1.54, 1.807) is 25.3 Å². The van der Waals surface area contributed by atoms with Crippen LogP contribution in [0.4, 0.5) is 0 Å². The quantitative estimate of drug-likeness (QED) is 0.674. The first-order valence-corrected chi connectivity index (χ1v) is 10.5. The molecule has 0 bridgehead atoms. The lowest BCUT2D eigenvalue weighted by Crippen LogP contribution is -2.42. The molecule has 2 heterocycles. The van der Waals surface area contributed by atoms with Crippen LogP contribution in [0.3, 0.4) is 0 Å². The molecule has 1 saturated heterocycles. The van der Waals surface area contributed by atoms with Crippen molar-refractivity contribution in [3.63, 3.8) is 0 Å². The molecule has 4 rings (SSSR count). The average Bonchev–Trinajstić information content (AvgIpc) is 3.48. The Bertz CT molecular complexity index is 925. The van der Waals surface area contributed by atoms with Gasteiger partial charge in [-0.25, -0.2) is 0 Å². The van der Waals surface area contributed by atoms with E-state index in [0.717, 1.165) is 30.9 Å². The minimum atomic E-state index is -0.339. The molecule has 2 aromatic rings. The largest absolute Gasteiger partial charge is 0.497 e. The maximum Gasteiger partial charge on any atom is 0.251 e. The number of nitrogens with zero attached hydrogens (tertiary/aromatic N) is 1. The minimum absolute atomic E-state index is 0.111. The van der Waals surface area contributed by atoms with Crippen LogP contribution in [0.5, 0.6) is 17.2 Å². The Morgan fingerprint density at radius 3 is 2.55 bits per heavy atom. The third kappa shape index (κ3) is 5.27. The van der Waals surface area contributed by atoms with Crippen LogP contribution in [0.15, 0.2) is 42.5 Å².